The first-order valence-corrected chi connectivity index (χ1v) is 13.0. The summed E-state index contributed by atoms with van der Waals surface area (Å²) in [4.78, 5) is 32.2. The summed E-state index contributed by atoms with van der Waals surface area (Å²) >= 11 is 1.24. The number of nitrogens with zero attached hydrogens (tertiary/aromatic N) is 5. The molecule has 9 nitrogen and oxygen atoms in total. The molecule has 0 aliphatic carbocycles. The zero-order valence-corrected chi connectivity index (χ0v) is 23.4. The number of thiazole rings is 1. The van der Waals surface area contributed by atoms with E-state index in [-0.39, 0.29) is 49.8 Å². The molecule has 37 heavy (non-hydrogen) atoms. The van der Waals surface area contributed by atoms with E-state index >= 15 is 4.39 Å². The van der Waals surface area contributed by atoms with Crippen molar-refractivity contribution in [2.24, 2.45) is 0 Å². The smallest absolute Gasteiger partial charge is 0.809 e. The molecule has 0 aliphatic rings. The molecule has 0 N–H and O–H groups in total. The van der Waals surface area contributed by atoms with Crippen LogP contribution in [0.4, 0.5) is 8.78 Å². The van der Waals surface area contributed by atoms with Gasteiger partial charge in [-0.1, -0.05) is 25.1 Å². The summed E-state index contributed by atoms with van der Waals surface area (Å²) in [5.41, 5.74) is -0.723. The maximum absolute atomic E-state index is 15.2. The molecule has 0 bridgehead atoms. The summed E-state index contributed by atoms with van der Waals surface area (Å²) in [6.45, 7) is 1.39. The Labute approximate surface area is 244 Å². The van der Waals surface area contributed by atoms with Gasteiger partial charge in [0.2, 0.25) is 0 Å². The molecule has 0 fully saturated rings. The number of hydrogen-bond donors (Lipinski definition) is 0. The largest absolute Gasteiger partial charge is 2.00 e. The molecule has 14 heteroatoms. The number of aromatic nitrogens is 4. The maximum Gasteiger partial charge on any atom is 2.00 e. The average molecular weight is 570 g/mol. The summed E-state index contributed by atoms with van der Waals surface area (Å²) in [5.74, 6) is -2.66. The second kappa shape index (κ2) is 12.2. The minimum Gasteiger partial charge on any atom is -0.809 e. The van der Waals surface area contributed by atoms with E-state index in [1.54, 1.807) is 37.4 Å². The molecule has 4 rings (SSSR count). The molecule has 2 heterocycles. The Kier molecular flexibility index (Phi) is 9.72. The SMILES string of the molecule is C[C@@H](c1ncc(-c2ccc(C#N)cc2)s1)[C@@](Cn1cncn1)(OCP(=O)([O-])[O-])c1ccc(F)cc1F.[Ca+2]. The number of hydrogen-bond acceptors (Lipinski definition) is 9. The predicted octanol–water partition coefficient (Wildman–Crippen LogP) is 2.76. The minimum atomic E-state index is -5.19. The third kappa shape index (κ3) is 6.88. The van der Waals surface area contributed by atoms with Gasteiger partial charge in [0.05, 0.1) is 34.4 Å². The number of nitriles is 1. The van der Waals surface area contributed by atoms with Gasteiger partial charge in [-0.3, -0.25) is 0 Å². The molecule has 4 aromatic rings. The molecular formula is C23H18CaF2N5O4PS. The molecule has 0 radical (unpaired) electrons. The summed E-state index contributed by atoms with van der Waals surface area (Å²) in [6, 6.07) is 11.7. The van der Waals surface area contributed by atoms with Crippen LogP contribution in [0.5, 0.6) is 0 Å². The van der Waals surface area contributed by atoms with Crippen molar-refractivity contribution in [2.45, 2.75) is 25.0 Å². The van der Waals surface area contributed by atoms with Gasteiger partial charge in [-0.2, -0.15) is 10.4 Å². The van der Waals surface area contributed by atoms with Crippen molar-refractivity contribution in [3.8, 4) is 16.5 Å². The van der Waals surface area contributed by atoms with Crippen LogP contribution < -0.4 is 9.79 Å². The van der Waals surface area contributed by atoms with Gasteiger partial charge < -0.3 is 19.1 Å². The fourth-order valence-corrected chi connectivity index (χ4v) is 5.26. The van der Waals surface area contributed by atoms with Crippen molar-refractivity contribution < 1.29 is 27.9 Å². The van der Waals surface area contributed by atoms with Crippen molar-refractivity contribution in [2.75, 3.05) is 6.35 Å². The third-order valence-corrected chi connectivity index (χ3v) is 7.30. The molecule has 2 aromatic carbocycles. The van der Waals surface area contributed by atoms with E-state index in [4.69, 9.17) is 10.00 Å². The van der Waals surface area contributed by atoms with Crippen LogP contribution in [-0.4, -0.2) is 63.8 Å². The molecule has 0 saturated heterocycles. The molecule has 0 amide bonds. The summed E-state index contributed by atoms with van der Waals surface area (Å²) in [7, 11) is -5.19. The van der Waals surface area contributed by atoms with Gasteiger partial charge in [0.25, 0.3) is 0 Å². The van der Waals surface area contributed by atoms with Gasteiger partial charge in [0.1, 0.15) is 29.9 Å². The quantitative estimate of drug-likeness (QED) is 0.221. The Morgan fingerprint density at radius 3 is 2.57 bits per heavy atom. The second-order valence-electron chi connectivity index (χ2n) is 7.96. The van der Waals surface area contributed by atoms with Crippen LogP contribution >= 0.6 is 18.9 Å². The van der Waals surface area contributed by atoms with E-state index in [2.05, 4.69) is 15.1 Å². The van der Waals surface area contributed by atoms with Crippen molar-refractivity contribution in [3.63, 3.8) is 0 Å². The average Bonchev–Trinajstić information content (AvgIpc) is 3.53. The first kappa shape index (κ1) is 29.5. The predicted molar refractivity (Wildman–Crippen MR) is 128 cm³/mol. The van der Waals surface area contributed by atoms with E-state index in [0.717, 1.165) is 22.6 Å². The van der Waals surface area contributed by atoms with Gasteiger partial charge in [-0.25, -0.2) is 23.4 Å². The van der Waals surface area contributed by atoms with Gasteiger partial charge >= 0.3 is 37.7 Å². The molecule has 0 unspecified atom stereocenters. The molecule has 2 atom stereocenters. The Bertz CT molecular complexity index is 1440. The van der Waals surface area contributed by atoms with Crippen LogP contribution in [0.2, 0.25) is 0 Å². The zero-order chi connectivity index (χ0) is 25.9. The normalized spacial score (nSPS) is 13.8. The molecule has 0 spiro atoms. The topological polar surface area (TPSA) is 140 Å². The number of halogens is 2. The Morgan fingerprint density at radius 1 is 1.24 bits per heavy atom. The van der Waals surface area contributed by atoms with Crippen LogP contribution in [-0.2, 0) is 21.4 Å². The van der Waals surface area contributed by atoms with Crippen LogP contribution in [0, 0.1) is 23.0 Å². The van der Waals surface area contributed by atoms with E-state index < -0.39 is 37.1 Å². The van der Waals surface area contributed by atoms with Crippen molar-refractivity contribution in [1.82, 2.24) is 19.7 Å². The van der Waals surface area contributed by atoms with Crippen molar-refractivity contribution in [1.29, 1.82) is 5.26 Å². The van der Waals surface area contributed by atoms with Crippen LogP contribution in [0.1, 0.15) is 29.0 Å². The maximum atomic E-state index is 15.2. The second-order valence-corrected chi connectivity index (χ2v) is 10.5. The molecular weight excluding hydrogens is 551 g/mol. The number of benzene rings is 2. The first-order valence-electron chi connectivity index (χ1n) is 10.5. The van der Waals surface area contributed by atoms with E-state index in [1.165, 1.54) is 28.7 Å². The van der Waals surface area contributed by atoms with Crippen molar-refractivity contribution >= 4 is 56.7 Å². The fraction of sp³-hybridized carbons (Fsp3) is 0.217. The third-order valence-electron chi connectivity index (χ3n) is 5.62. The molecule has 186 valence electrons. The summed E-state index contributed by atoms with van der Waals surface area (Å²) < 4.78 is 47.6. The number of rotatable bonds is 9. The Morgan fingerprint density at radius 2 is 1.97 bits per heavy atom. The van der Waals surface area contributed by atoms with Gasteiger partial charge in [0.15, 0.2) is 0 Å². The van der Waals surface area contributed by atoms with Crippen LogP contribution in [0.25, 0.3) is 10.4 Å². The Hall–Kier alpha value is -2.07. The first-order chi connectivity index (χ1) is 17.1. The number of ether oxygens (including phenoxy) is 1. The van der Waals surface area contributed by atoms with E-state index in [9.17, 15) is 18.7 Å². The fourth-order valence-electron chi connectivity index (χ4n) is 3.82. The minimum absolute atomic E-state index is 0. The summed E-state index contributed by atoms with van der Waals surface area (Å²) in [5, 5.41) is 13.5. The van der Waals surface area contributed by atoms with Gasteiger partial charge in [-0.15, -0.1) is 11.3 Å². The van der Waals surface area contributed by atoms with Crippen LogP contribution in [0.15, 0.2) is 61.3 Å². The van der Waals surface area contributed by atoms with Crippen molar-refractivity contribution in [3.05, 3.63) is 89.1 Å². The van der Waals surface area contributed by atoms with Gasteiger partial charge in [-0.05, 0) is 31.4 Å². The summed E-state index contributed by atoms with van der Waals surface area (Å²) in [6.07, 6.45) is 2.90. The molecule has 2 aromatic heterocycles. The van der Waals surface area contributed by atoms with E-state index in [0.29, 0.717) is 16.6 Å². The zero-order valence-electron chi connectivity index (χ0n) is 19.5. The van der Waals surface area contributed by atoms with Gasteiger partial charge in [0, 0.05) is 23.7 Å². The Balaban J connectivity index is 0.00000380. The molecule has 0 saturated carbocycles. The van der Waals surface area contributed by atoms with E-state index in [1.807, 2.05) is 6.07 Å². The molecule has 0 aliphatic heterocycles. The monoisotopic (exact) mass is 569 g/mol. The standard InChI is InChI=1S/C23H20F2N5O4PS.Ca/c1-15(22-28-10-21(36-22)17-4-2-16(9-26)3-5-17)23(34-14-35(31,32)33,11-30-13-27-12-29-30)19-7-6-18(24)8-20(19)25;/h2-8,10,12-13,15H,11,14H2,1H3,(H2,31,32,33);/q;+2/p-2/t15-,23+;/m0./s1. The van der Waals surface area contributed by atoms with Crippen LogP contribution in [0.3, 0.4) is 0 Å².